The molecule has 2 aromatic heterocycles. The van der Waals surface area contributed by atoms with Gasteiger partial charge in [-0.25, -0.2) is 19.7 Å². The van der Waals surface area contributed by atoms with E-state index in [2.05, 4.69) is 9.97 Å². The highest BCUT2D eigenvalue weighted by Crippen LogP contribution is 2.26. The Balaban J connectivity index is 1.66. The monoisotopic (exact) mass is 414 g/mol. The van der Waals surface area contributed by atoms with Gasteiger partial charge in [0.25, 0.3) is 0 Å². The number of pyridine rings is 1. The van der Waals surface area contributed by atoms with Gasteiger partial charge in [0.15, 0.2) is 6.61 Å². The lowest BCUT2D eigenvalue weighted by molar-refractivity contribution is -0.145. The van der Waals surface area contributed by atoms with Crippen LogP contribution in [0.3, 0.4) is 0 Å². The van der Waals surface area contributed by atoms with Crippen LogP contribution >= 0.6 is 0 Å². The van der Waals surface area contributed by atoms with E-state index in [0.717, 1.165) is 22.5 Å². The van der Waals surface area contributed by atoms with Crippen LogP contribution in [-0.4, -0.2) is 34.1 Å². The van der Waals surface area contributed by atoms with Crippen molar-refractivity contribution in [2.75, 3.05) is 18.9 Å². The molecule has 0 spiro atoms. The molecule has 4 rings (SSSR count). The third-order valence-corrected chi connectivity index (χ3v) is 4.64. The lowest BCUT2D eigenvalue weighted by atomic mass is 10.1. The molecule has 2 aromatic carbocycles. The Kier molecular flexibility index (Phi) is 6.03. The molecule has 0 bridgehead atoms. The molecule has 0 amide bonds. The van der Waals surface area contributed by atoms with Crippen molar-refractivity contribution in [1.82, 2.24) is 15.0 Å². The summed E-state index contributed by atoms with van der Waals surface area (Å²) in [5.74, 6) is 0.380. The van der Waals surface area contributed by atoms with Gasteiger partial charge in [0, 0.05) is 12.0 Å². The quantitative estimate of drug-likeness (QED) is 0.459. The largest absolute Gasteiger partial charge is 0.482 e. The van der Waals surface area contributed by atoms with Gasteiger partial charge in [0.2, 0.25) is 5.95 Å². The van der Waals surface area contributed by atoms with Crippen molar-refractivity contribution in [3.05, 3.63) is 78.0 Å². The van der Waals surface area contributed by atoms with Crippen molar-refractivity contribution in [1.29, 1.82) is 0 Å². The fraction of sp³-hybridized carbons (Fsp3) is 0.167. The first-order valence-corrected chi connectivity index (χ1v) is 9.98. The first kappa shape index (κ1) is 20.3. The van der Waals surface area contributed by atoms with Gasteiger partial charge in [-0.15, -0.1) is 0 Å². The molecule has 0 saturated carbocycles. The molecular formula is C24H22N4O3. The van der Waals surface area contributed by atoms with Crippen molar-refractivity contribution >= 4 is 23.0 Å². The number of ether oxygens (including phenoxy) is 2. The number of esters is 1. The summed E-state index contributed by atoms with van der Waals surface area (Å²) in [6.45, 7) is 1.94. The lowest BCUT2D eigenvalue weighted by Crippen LogP contribution is -2.14. The van der Waals surface area contributed by atoms with Crippen LogP contribution in [-0.2, 0) is 16.0 Å². The minimum Gasteiger partial charge on any atom is -0.482 e. The standard InChI is InChI=1S/C24H22N4O3/c1-2-30-22(29)15-31-18-10-6-9-17(14-18)19-11-12-20-23(26-19)21(28-24(25)27-20)13-16-7-4-3-5-8-16/h3-12,14H,2,13,15H2,1H3,(H2,25,27,28). The molecule has 156 valence electrons. The number of fused-ring (bicyclic) bond motifs is 1. The highest BCUT2D eigenvalue weighted by Gasteiger charge is 2.12. The molecular weight excluding hydrogens is 392 g/mol. The number of hydrogen-bond donors (Lipinski definition) is 1. The van der Waals surface area contributed by atoms with Gasteiger partial charge in [0.05, 0.1) is 23.5 Å². The van der Waals surface area contributed by atoms with Gasteiger partial charge in [-0.1, -0.05) is 42.5 Å². The van der Waals surface area contributed by atoms with E-state index in [0.29, 0.717) is 29.8 Å². The van der Waals surface area contributed by atoms with E-state index < -0.39 is 5.97 Å². The Morgan fingerprint density at radius 3 is 2.61 bits per heavy atom. The number of hydrogen-bond acceptors (Lipinski definition) is 7. The number of nitrogens with zero attached hydrogens (tertiary/aromatic N) is 3. The summed E-state index contributed by atoms with van der Waals surface area (Å²) in [5, 5.41) is 0. The maximum absolute atomic E-state index is 11.5. The maximum Gasteiger partial charge on any atom is 0.344 e. The topological polar surface area (TPSA) is 100 Å². The van der Waals surface area contributed by atoms with E-state index >= 15 is 0 Å². The van der Waals surface area contributed by atoms with E-state index in [1.54, 1.807) is 13.0 Å². The average Bonchev–Trinajstić information content (AvgIpc) is 2.78. The maximum atomic E-state index is 11.5. The summed E-state index contributed by atoms with van der Waals surface area (Å²) in [7, 11) is 0. The molecule has 4 aromatic rings. The van der Waals surface area contributed by atoms with Crippen LogP contribution in [0, 0.1) is 0 Å². The van der Waals surface area contributed by atoms with Crippen molar-refractivity contribution < 1.29 is 14.3 Å². The van der Waals surface area contributed by atoms with Crippen LogP contribution in [0.15, 0.2) is 66.7 Å². The van der Waals surface area contributed by atoms with Crippen molar-refractivity contribution in [2.24, 2.45) is 0 Å². The van der Waals surface area contributed by atoms with Crippen molar-refractivity contribution in [3.8, 4) is 17.0 Å². The molecule has 0 saturated heterocycles. The van der Waals surface area contributed by atoms with Crippen LogP contribution in [0.1, 0.15) is 18.2 Å². The van der Waals surface area contributed by atoms with Gasteiger partial charge in [-0.05, 0) is 36.8 Å². The first-order chi connectivity index (χ1) is 15.1. The third-order valence-electron chi connectivity index (χ3n) is 4.64. The number of nitrogen functional groups attached to an aromatic ring is 1. The van der Waals surface area contributed by atoms with Gasteiger partial charge in [-0.3, -0.25) is 0 Å². The number of benzene rings is 2. The SMILES string of the molecule is CCOC(=O)COc1cccc(-c2ccc3nc(N)nc(Cc4ccccc4)c3n2)c1. The molecule has 0 radical (unpaired) electrons. The Labute approximate surface area is 179 Å². The third kappa shape index (κ3) is 4.95. The number of anilines is 1. The second-order valence-electron chi connectivity index (χ2n) is 6.88. The second kappa shape index (κ2) is 9.21. The zero-order valence-electron chi connectivity index (χ0n) is 17.1. The van der Waals surface area contributed by atoms with Crippen molar-refractivity contribution in [3.63, 3.8) is 0 Å². The van der Waals surface area contributed by atoms with Gasteiger partial charge in [0.1, 0.15) is 11.3 Å². The van der Waals surface area contributed by atoms with Crippen LogP contribution in [0.2, 0.25) is 0 Å². The Hall–Kier alpha value is -4.00. The van der Waals surface area contributed by atoms with Crippen LogP contribution < -0.4 is 10.5 Å². The first-order valence-electron chi connectivity index (χ1n) is 9.98. The summed E-state index contributed by atoms with van der Waals surface area (Å²) in [5.41, 5.74) is 10.8. The summed E-state index contributed by atoms with van der Waals surface area (Å²) >= 11 is 0. The predicted molar refractivity (Wildman–Crippen MR) is 119 cm³/mol. The van der Waals surface area contributed by atoms with E-state index in [9.17, 15) is 4.79 Å². The summed E-state index contributed by atoms with van der Waals surface area (Å²) < 4.78 is 10.4. The molecule has 0 unspecified atom stereocenters. The van der Waals surface area contributed by atoms with E-state index in [4.69, 9.17) is 20.2 Å². The van der Waals surface area contributed by atoms with E-state index in [1.807, 2.05) is 60.7 Å². The molecule has 0 aliphatic rings. The number of carbonyl (C=O) groups is 1. The smallest absolute Gasteiger partial charge is 0.344 e. The highest BCUT2D eigenvalue weighted by atomic mass is 16.6. The average molecular weight is 414 g/mol. The zero-order chi connectivity index (χ0) is 21.6. The van der Waals surface area contributed by atoms with Gasteiger partial charge >= 0.3 is 5.97 Å². The molecule has 0 aliphatic carbocycles. The Bertz CT molecular complexity index is 1210. The Morgan fingerprint density at radius 2 is 1.81 bits per heavy atom. The summed E-state index contributed by atoms with van der Waals surface area (Å²) in [4.78, 5) is 25.1. The summed E-state index contributed by atoms with van der Waals surface area (Å²) in [6, 6.07) is 21.2. The van der Waals surface area contributed by atoms with E-state index in [-0.39, 0.29) is 12.6 Å². The molecule has 0 atom stereocenters. The van der Waals surface area contributed by atoms with Gasteiger partial charge < -0.3 is 15.2 Å². The molecule has 0 aliphatic heterocycles. The fourth-order valence-electron chi connectivity index (χ4n) is 3.26. The normalized spacial score (nSPS) is 10.7. The Morgan fingerprint density at radius 1 is 0.968 bits per heavy atom. The second-order valence-corrected chi connectivity index (χ2v) is 6.88. The molecule has 31 heavy (non-hydrogen) atoms. The van der Waals surface area contributed by atoms with E-state index in [1.165, 1.54) is 0 Å². The molecule has 0 fully saturated rings. The predicted octanol–water partition coefficient (Wildman–Crippen LogP) is 3.81. The minimum atomic E-state index is -0.406. The summed E-state index contributed by atoms with van der Waals surface area (Å²) in [6.07, 6.45) is 0.600. The van der Waals surface area contributed by atoms with Gasteiger partial charge in [-0.2, -0.15) is 0 Å². The fourth-order valence-corrected chi connectivity index (χ4v) is 3.26. The van der Waals surface area contributed by atoms with Crippen molar-refractivity contribution in [2.45, 2.75) is 13.3 Å². The van der Waals surface area contributed by atoms with Crippen LogP contribution in [0.5, 0.6) is 5.75 Å². The number of carbonyl (C=O) groups excluding carboxylic acids is 1. The van der Waals surface area contributed by atoms with Crippen LogP contribution in [0.25, 0.3) is 22.3 Å². The lowest BCUT2D eigenvalue weighted by Gasteiger charge is -2.10. The zero-order valence-corrected chi connectivity index (χ0v) is 17.1. The minimum absolute atomic E-state index is 0.142. The molecule has 7 nitrogen and oxygen atoms in total. The molecule has 7 heteroatoms. The highest BCUT2D eigenvalue weighted by molar-refractivity contribution is 5.81. The molecule has 2 heterocycles. The molecule has 2 N–H and O–H groups in total. The number of rotatable bonds is 7. The number of nitrogens with two attached hydrogens (primary N) is 1. The number of aromatic nitrogens is 3. The van der Waals surface area contributed by atoms with Crippen LogP contribution in [0.4, 0.5) is 5.95 Å².